The van der Waals surface area contributed by atoms with Crippen LogP contribution in [0.25, 0.3) is 100 Å². The number of rotatable bonds is 6. The third kappa shape index (κ3) is 5.56. The van der Waals surface area contributed by atoms with E-state index in [9.17, 15) is 5.11 Å². The number of aromatic hydroxyl groups is 1. The summed E-state index contributed by atoms with van der Waals surface area (Å²) < 4.78 is 6.39. The van der Waals surface area contributed by atoms with Gasteiger partial charge in [0, 0.05) is 38.6 Å². The van der Waals surface area contributed by atoms with Crippen molar-refractivity contribution in [3.63, 3.8) is 0 Å². The van der Waals surface area contributed by atoms with Crippen LogP contribution < -0.4 is 0 Å². The zero-order valence-electron chi connectivity index (χ0n) is 29.0. The number of benzene rings is 8. The highest BCUT2D eigenvalue weighted by atomic mass is 16.3. The second-order valence-corrected chi connectivity index (χ2v) is 13.4. The average Bonchev–Trinajstić information content (AvgIpc) is 3.63. The predicted molar refractivity (Wildman–Crippen MR) is 219 cm³/mol. The Balaban J connectivity index is 1.13. The van der Waals surface area contributed by atoms with Crippen LogP contribution in [0.3, 0.4) is 0 Å². The molecule has 2 aromatic heterocycles. The molecule has 5 heteroatoms. The van der Waals surface area contributed by atoms with Gasteiger partial charge in [0.1, 0.15) is 16.9 Å². The summed E-state index contributed by atoms with van der Waals surface area (Å²) in [5, 5.41) is 16.0. The van der Waals surface area contributed by atoms with Crippen molar-refractivity contribution in [1.29, 1.82) is 0 Å². The zero-order chi connectivity index (χ0) is 36.0. The monoisotopic (exact) mass is 693 g/mol. The Hall–Kier alpha value is -7.37. The summed E-state index contributed by atoms with van der Waals surface area (Å²) in [4.78, 5) is 15.2. The first-order valence-electron chi connectivity index (χ1n) is 17.9. The van der Waals surface area contributed by atoms with E-state index in [0.717, 1.165) is 71.7 Å². The van der Waals surface area contributed by atoms with Gasteiger partial charge in [0.15, 0.2) is 17.5 Å². The third-order valence-corrected chi connectivity index (χ3v) is 10.0. The fraction of sp³-hybridized carbons (Fsp3) is 0. The van der Waals surface area contributed by atoms with Gasteiger partial charge >= 0.3 is 0 Å². The van der Waals surface area contributed by atoms with Crippen LogP contribution in [0.4, 0.5) is 0 Å². The molecule has 254 valence electrons. The Morgan fingerprint density at radius 2 is 0.963 bits per heavy atom. The molecule has 0 saturated carbocycles. The maximum absolute atomic E-state index is 11.6. The number of nitrogens with zero attached hydrogens (tertiary/aromatic N) is 3. The molecular formula is C49H31N3O2. The molecule has 1 N–H and O–H groups in total. The number of furan rings is 1. The van der Waals surface area contributed by atoms with Crippen LogP contribution in [0.2, 0.25) is 0 Å². The fourth-order valence-electron chi connectivity index (χ4n) is 7.37. The van der Waals surface area contributed by atoms with E-state index in [1.54, 1.807) is 6.07 Å². The van der Waals surface area contributed by atoms with Crippen molar-refractivity contribution in [2.75, 3.05) is 0 Å². The molecule has 0 aliphatic heterocycles. The maximum atomic E-state index is 11.6. The highest BCUT2D eigenvalue weighted by Gasteiger charge is 2.20. The Morgan fingerprint density at radius 3 is 1.83 bits per heavy atom. The normalized spacial score (nSPS) is 11.4. The van der Waals surface area contributed by atoms with Crippen molar-refractivity contribution in [2.24, 2.45) is 0 Å². The van der Waals surface area contributed by atoms with Gasteiger partial charge in [-0.3, -0.25) is 0 Å². The Bertz CT molecular complexity index is 3000. The molecule has 2 heterocycles. The van der Waals surface area contributed by atoms with E-state index in [1.165, 1.54) is 0 Å². The SMILES string of the molecule is Oc1cccc(-c2nc(-c3ccc(-c4ccccc4)cc3)nc(-c3ccc4ccccc4c3)n2)c1-c1cccc(-c2cccc3c2oc2ccccc23)c1. The summed E-state index contributed by atoms with van der Waals surface area (Å²) in [5.41, 5.74) is 9.77. The molecule has 0 bridgehead atoms. The molecule has 10 aromatic rings. The van der Waals surface area contributed by atoms with Gasteiger partial charge in [-0.1, -0.05) is 158 Å². The molecule has 0 amide bonds. The largest absolute Gasteiger partial charge is 0.507 e. The number of phenolic OH excluding ortho intramolecular Hbond substituents is 1. The van der Waals surface area contributed by atoms with Crippen LogP contribution in [0.5, 0.6) is 5.75 Å². The number of hydrogen-bond acceptors (Lipinski definition) is 5. The number of phenols is 1. The molecule has 0 atom stereocenters. The van der Waals surface area contributed by atoms with Crippen molar-refractivity contribution in [3.8, 4) is 73.3 Å². The fourth-order valence-corrected chi connectivity index (χ4v) is 7.37. The van der Waals surface area contributed by atoms with E-state index in [4.69, 9.17) is 19.4 Å². The minimum Gasteiger partial charge on any atom is -0.507 e. The van der Waals surface area contributed by atoms with Crippen molar-refractivity contribution in [2.45, 2.75) is 0 Å². The van der Waals surface area contributed by atoms with Gasteiger partial charge in [-0.25, -0.2) is 15.0 Å². The number of aromatic nitrogens is 3. The second-order valence-electron chi connectivity index (χ2n) is 13.4. The summed E-state index contributed by atoms with van der Waals surface area (Å²) in [6.07, 6.45) is 0. The van der Waals surface area contributed by atoms with Crippen molar-refractivity contribution in [1.82, 2.24) is 15.0 Å². The molecule has 8 aromatic carbocycles. The van der Waals surface area contributed by atoms with Crippen LogP contribution in [0.1, 0.15) is 0 Å². The molecule has 5 nitrogen and oxygen atoms in total. The lowest BCUT2D eigenvalue weighted by atomic mass is 9.94. The maximum Gasteiger partial charge on any atom is 0.164 e. The van der Waals surface area contributed by atoms with Crippen LogP contribution in [-0.2, 0) is 0 Å². The first kappa shape index (κ1) is 31.4. The van der Waals surface area contributed by atoms with Gasteiger partial charge in [0.2, 0.25) is 0 Å². The summed E-state index contributed by atoms with van der Waals surface area (Å²) in [5.74, 6) is 1.69. The van der Waals surface area contributed by atoms with E-state index in [2.05, 4.69) is 103 Å². The first-order valence-corrected chi connectivity index (χ1v) is 17.9. The van der Waals surface area contributed by atoms with Crippen LogP contribution in [0, 0.1) is 0 Å². The van der Waals surface area contributed by atoms with Gasteiger partial charge in [-0.2, -0.15) is 0 Å². The molecular weight excluding hydrogens is 663 g/mol. The minimum atomic E-state index is 0.132. The van der Waals surface area contributed by atoms with Crippen molar-refractivity contribution in [3.05, 3.63) is 182 Å². The molecule has 0 unspecified atom stereocenters. The highest BCUT2D eigenvalue weighted by Crippen LogP contribution is 2.42. The van der Waals surface area contributed by atoms with E-state index < -0.39 is 0 Å². The van der Waals surface area contributed by atoms with Crippen LogP contribution >= 0.6 is 0 Å². The number of para-hydroxylation sites is 2. The van der Waals surface area contributed by atoms with Crippen LogP contribution in [-0.4, -0.2) is 20.1 Å². The average molecular weight is 694 g/mol. The quantitative estimate of drug-likeness (QED) is 0.188. The molecule has 0 aliphatic carbocycles. The Morgan fingerprint density at radius 1 is 0.370 bits per heavy atom. The number of fused-ring (bicyclic) bond motifs is 4. The lowest BCUT2D eigenvalue weighted by Gasteiger charge is -2.14. The van der Waals surface area contributed by atoms with E-state index in [-0.39, 0.29) is 5.75 Å². The molecule has 0 fully saturated rings. The van der Waals surface area contributed by atoms with E-state index >= 15 is 0 Å². The van der Waals surface area contributed by atoms with Gasteiger partial charge < -0.3 is 9.52 Å². The second kappa shape index (κ2) is 13.0. The molecule has 0 saturated heterocycles. The summed E-state index contributed by atoms with van der Waals surface area (Å²) >= 11 is 0. The first-order chi connectivity index (χ1) is 26.7. The smallest absolute Gasteiger partial charge is 0.164 e. The Kier molecular flexibility index (Phi) is 7.55. The third-order valence-electron chi connectivity index (χ3n) is 10.0. The Labute approximate surface area is 311 Å². The van der Waals surface area contributed by atoms with Crippen molar-refractivity contribution < 1.29 is 9.52 Å². The molecule has 0 aliphatic rings. The summed E-state index contributed by atoms with van der Waals surface area (Å²) in [6.45, 7) is 0. The predicted octanol–water partition coefficient (Wildman–Crippen LogP) is 12.6. The molecule has 0 spiro atoms. The topological polar surface area (TPSA) is 72.0 Å². The highest BCUT2D eigenvalue weighted by molar-refractivity contribution is 6.09. The number of hydrogen-bond donors (Lipinski definition) is 1. The lowest BCUT2D eigenvalue weighted by Crippen LogP contribution is -2.01. The van der Waals surface area contributed by atoms with Gasteiger partial charge in [0.25, 0.3) is 0 Å². The van der Waals surface area contributed by atoms with Crippen molar-refractivity contribution >= 4 is 32.7 Å². The zero-order valence-corrected chi connectivity index (χ0v) is 29.0. The van der Waals surface area contributed by atoms with Gasteiger partial charge in [-0.05, 0) is 57.3 Å². The summed E-state index contributed by atoms with van der Waals surface area (Å²) in [7, 11) is 0. The van der Waals surface area contributed by atoms with Gasteiger partial charge in [-0.15, -0.1) is 0 Å². The molecule has 54 heavy (non-hydrogen) atoms. The summed E-state index contributed by atoms with van der Waals surface area (Å²) in [6, 6.07) is 61.1. The van der Waals surface area contributed by atoms with Crippen LogP contribution in [0.15, 0.2) is 186 Å². The van der Waals surface area contributed by atoms with E-state index in [1.807, 2.05) is 72.8 Å². The minimum absolute atomic E-state index is 0.132. The van der Waals surface area contributed by atoms with E-state index in [0.29, 0.717) is 28.6 Å². The van der Waals surface area contributed by atoms with Gasteiger partial charge in [0.05, 0.1) is 0 Å². The lowest BCUT2D eigenvalue weighted by molar-refractivity contribution is 0.477. The standard InChI is InChI=1S/C49H31N3O2/c53-43-21-10-20-42(45(43)37-16-8-15-36(30-37)39-18-9-19-41-40-17-6-7-22-44(40)54-46(39)41)49-51-47(34-26-23-33(24-27-34)31-11-2-1-3-12-31)50-48(52-49)38-28-25-32-13-4-5-14-35(32)29-38/h1-30,53H. The molecule has 0 radical (unpaired) electrons. The molecule has 10 rings (SSSR count).